The molecular weight excluding hydrogens is 222 g/mol. The molecule has 0 radical (unpaired) electrons. The third kappa shape index (κ3) is 3.04. The van der Waals surface area contributed by atoms with Crippen LogP contribution in [-0.2, 0) is 4.79 Å². The van der Waals surface area contributed by atoms with E-state index in [4.69, 9.17) is 0 Å². The Labute approximate surface area is 111 Å². The van der Waals surface area contributed by atoms with Crippen LogP contribution < -0.4 is 0 Å². The summed E-state index contributed by atoms with van der Waals surface area (Å²) >= 11 is 0. The summed E-state index contributed by atoms with van der Waals surface area (Å²) in [5.74, 6) is 0.317. The van der Waals surface area contributed by atoms with Crippen molar-refractivity contribution >= 4 is 5.91 Å². The molecule has 0 N–H and O–H groups in total. The van der Waals surface area contributed by atoms with Gasteiger partial charge in [0, 0.05) is 13.0 Å². The number of carbonyl (C=O) groups is 1. The van der Waals surface area contributed by atoms with Crippen molar-refractivity contribution in [1.29, 1.82) is 0 Å². The fourth-order valence-corrected chi connectivity index (χ4v) is 3.05. The van der Waals surface area contributed by atoms with E-state index >= 15 is 0 Å². The second kappa shape index (κ2) is 6.21. The minimum atomic E-state index is 0.317. The molecule has 2 fully saturated rings. The highest BCUT2D eigenvalue weighted by atomic mass is 16.2. The van der Waals surface area contributed by atoms with Gasteiger partial charge >= 0.3 is 0 Å². The van der Waals surface area contributed by atoms with Gasteiger partial charge in [0.25, 0.3) is 0 Å². The minimum Gasteiger partial charge on any atom is -0.332 e. The Balaban J connectivity index is 1.85. The molecule has 0 saturated carbocycles. The van der Waals surface area contributed by atoms with Crippen molar-refractivity contribution in [2.45, 2.75) is 64.3 Å². The highest BCUT2D eigenvalue weighted by Crippen LogP contribution is 2.33. The van der Waals surface area contributed by atoms with Gasteiger partial charge in [0.15, 0.2) is 0 Å². The van der Waals surface area contributed by atoms with Crippen molar-refractivity contribution in [2.24, 2.45) is 0 Å². The Bertz CT molecular complexity index is 356. The summed E-state index contributed by atoms with van der Waals surface area (Å²) in [7, 11) is 0. The van der Waals surface area contributed by atoms with Crippen molar-refractivity contribution < 1.29 is 4.79 Å². The van der Waals surface area contributed by atoms with Gasteiger partial charge in [-0.05, 0) is 25.7 Å². The lowest BCUT2D eigenvalue weighted by Crippen LogP contribution is -2.39. The molecule has 2 heterocycles. The van der Waals surface area contributed by atoms with Crippen LogP contribution in [0.4, 0.5) is 0 Å². The summed E-state index contributed by atoms with van der Waals surface area (Å²) in [5, 5.41) is 0. The van der Waals surface area contributed by atoms with Crippen LogP contribution in [0.5, 0.6) is 0 Å². The van der Waals surface area contributed by atoms with E-state index in [9.17, 15) is 4.79 Å². The molecule has 2 saturated heterocycles. The standard InChI is InChI=1S/C16H25NO/c1-3-4-5-6-7-8-14-11-13(2)15-9-10-16(18)17(15)12-14/h8,15H,2-7,9-12H2,1H3/b14-8+/t15-/m0/s1. The monoisotopic (exact) mass is 247 g/mol. The molecule has 0 aromatic carbocycles. The van der Waals surface area contributed by atoms with Crippen molar-refractivity contribution in [3.05, 3.63) is 23.8 Å². The number of amides is 1. The maximum Gasteiger partial charge on any atom is 0.223 e. The average Bonchev–Trinajstić information content (AvgIpc) is 2.72. The fourth-order valence-electron chi connectivity index (χ4n) is 3.05. The summed E-state index contributed by atoms with van der Waals surface area (Å²) in [6.07, 6.45) is 11.5. The van der Waals surface area contributed by atoms with Crippen LogP contribution in [0.15, 0.2) is 23.8 Å². The first-order chi connectivity index (χ1) is 8.72. The summed E-state index contributed by atoms with van der Waals surface area (Å²) in [4.78, 5) is 13.8. The van der Waals surface area contributed by atoms with Gasteiger partial charge in [0.1, 0.15) is 0 Å². The smallest absolute Gasteiger partial charge is 0.223 e. The second-order valence-corrected chi connectivity index (χ2v) is 5.62. The number of hydrogen-bond donors (Lipinski definition) is 0. The molecule has 0 aromatic rings. The summed E-state index contributed by atoms with van der Waals surface area (Å²) in [6.45, 7) is 7.26. The molecule has 2 heteroatoms. The first kappa shape index (κ1) is 13.4. The van der Waals surface area contributed by atoms with Crippen LogP contribution in [0.25, 0.3) is 0 Å². The van der Waals surface area contributed by atoms with Crippen LogP contribution in [0.3, 0.4) is 0 Å². The predicted octanol–water partition coefficient (Wildman–Crippen LogP) is 3.83. The van der Waals surface area contributed by atoms with E-state index in [2.05, 4.69) is 19.6 Å². The molecule has 2 rings (SSSR count). The molecule has 2 nitrogen and oxygen atoms in total. The topological polar surface area (TPSA) is 20.3 Å². The molecule has 0 aromatic heterocycles. The van der Waals surface area contributed by atoms with Gasteiger partial charge in [-0.25, -0.2) is 0 Å². The third-order valence-electron chi connectivity index (χ3n) is 4.12. The van der Waals surface area contributed by atoms with Crippen LogP contribution in [-0.4, -0.2) is 23.4 Å². The van der Waals surface area contributed by atoms with Crippen LogP contribution in [0, 0.1) is 0 Å². The summed E-state index contributed by atoms with van der Waals surface area (Å²) in [5.41, 5.74) is 2.65. The lowest BCUT2D eigenvalue weighted by molar-refractivity contribution is -0.128. The van der Waals surface area contributed by atoms with Gasteiger partial charge in [-0.3, -0.25) is 4.79 Å². The molecule has 100 valence electrons. The molecule has 18 heavy (non-hydrogen) atoms. The number of allylic oxidation sites excluding steroid dienone is 1. The number of rotatable bonds is 5. The Kier molecular flexibility index (Phi) is 4.62. The molecule has 0 aliphatic carbocycles. The molecule has 1 atom stereocenters. The highest BCUT2D eigenvalue weighted by Gasteiger charge is 2.36. The molecule has 2 aliphatic rings. The van der Waals surface area contributed by atoms with Crippen LogP contribution in [0.1, 0.15) is 58.3 Å². The molecule has 0 bridgehead atoms. The SMILES string of the molecule is C=C1C/C(=C\CCCCCC)CN2C(=O)CC[C@@H]12. The number of carbonyl (C=O) groups excluding carboxylic acids is 1. The molecule has 1 amide bonds. The van der Waals surface area contributed by atoms with Crippen molar-refractivity contribution in [1.82, 2.24) is 4.90 Å². The Morgan fingerprint density at radius 1 is 1.39 bits per heavy atom. The molecular formula is C16H25NO. The first-order valence-corrected chi connectivity index (χ1v) is 7.37. The van der Waals surface area contributed by atoms with E-state index in [-0.39, 0.29) is 0 Å². The second-order valence-electron chi connectivity index (χ2n) is 5.62. The normalized spacial score (nSPS) is 25.9. The lowest BCUT2D eigenvalue weighted by atomic mass is 9.93. The molecule has 0 spiro atoms. The van der Waals surface area contributed by atoms with Gasteiger partial charge in [-0.2, -0.15) is 0 Å². The number of piperidine rings is 1. The predicted molar refractivity (Wildman–Crippen MR) is 75.3 cm³/mol. The third-order valence-corrected chi connectivity index (χ3v) is 4.12. The zero-order valence-electron chi connectivity index (χ0n) is 11.6. The first-order valence-electron chi connectivity index (χ1n) is 7.37. The fraction of sp³-hybridized carbons (Fsp3) is 0.688. The Hall–Kier alpha value is -1.05. The lowest BCUT2D eigenvalue weighted by Gasteiger charge is -2.33. The average molecular weight is 247 g/mol. The van der Waals surface area contributed by atoms with Crippen molar-refractivity contribution in [3.8, 4) is 0 Å². The van der Waals surface area contributed by atoms with E-state index in [1.807, 2.05) is 4.90 Å². The van der Waals surface area contributed by atoms with E-state index in [1.165, 1.54) is 36.8 Å². The quantitative estimate of drug-likeness (QED) is 0.534. The number of unbranched alkanes of at least 4 members (excludes halogenated alkanes) is 4. The number of hydrogen-bond acceptors (Lipinski definition) is 1. The molecule has 0 unspecified atom stereocenters. The Morgan fingerprint density at radius 2 is 2.22 bits per heavy atom. The van der Waals surface area contributed by atoms with E-state index in [0.717, 1.165) is 25.8 Å². The van der Waals surface area contributed by atoms with E-state index in [1.54, 1.807) is 0 Å². The van der Waals surface area contributed by atoms with Gasteiger partial charge in [0.05, 0.1) is 6.04 Å². The van der Waals surface area contributed by atoms with Gasteiger partial charge in [-0.1, -0.05) is 50.0 Å². The number of fused-ring (bicyclic) bond motifs is 1. The van der Waals surface area contributed by atoms with Gasteiger partial charge in [-0.15, -0.1) is 0 Å². The van der Waals surface area contributed by atoms with Crippen LogP contribution in [0.2, 0.25) is 0 Å². The largest absolute Gasteiger partial charge is 0.332 e. The van der Waals surface area contributed by atoms with Gasteiger partial charge in [0.2, 0.25) is 5.91 Å². The Morgan fingerprint density at radius 3 is 3.00 bits per heavy atom. The van der Waals surface area contributed by atoms with Crippen molar-refractivity contribution in [3.63, 3.8) is 0 Å². The maximum atomic E-state index is 11.8. The van der Waals surface area contributed by atoms with E-state index < -0.39 is 0 Å². The summed E-state index contributed by atoms with van der Waals surface area (Å²) < 4.78 is 0. The zero-order chi connectivity index (χ0) is 13.0. The molecule has 2 aliphatic heterocycles. The van der Waals surface area contributed by atoms with Gasteiger partial charge < -0.3 is 4.90 Å². The van der Waals surface area contributed by atoms with E-state index in [0.29, 0.717) is 18.4 Å². The number of nitrogens with zero attached hydrogens (tertiary/aromatic N) is 1. The van der Waals surface area contributed by atoms with Crippen molar-refractivity contribution in [2.75, 3.05) is 6.54 Å². The minimum absolute atomic E-state index is 0.317. The van der Waals surface area contributed by atoms with Crippen LogP contribution >= 0.6 is 0 Å². The zero-order valence-corrected chi connectivity index (χ0v) is 11.6. The highest BCUT2D eigenvalue weighted by molar-refractivity contribution is 5.80. The maximum absolute atomic E-state index is 11.8. The summed E-state index contributed by atoms with van der Waals surface area (Å²) in [6, 6.07) is 0.342.